The number of aliphatic imine (C=N–C) groups is 1. The SMILES string of the molecule is CN=C(NCC1(NC(C)c2ccccc2)CCCC1)N1CCS(=O)(=O)C(C)(C)C1. The molecule has 0 aromatic heterocycles. The van der Waals surface area contributed by atoms with Gasteiger partial charge >= 0.3 is 0 Å². The average Bonchev–Trinajstić information content (AvgIpc) is 3.14. The van der Waals surface area contributed by atoms with Gasteiger partial charge in [-0.05, 0) is 39.2 Å². The van der Waals surface area contributed by atoms with Gasteiger partial charge < -0.3 is 15.5 Å². The van der Waals surface area contributed by atoms with Crippen LogP contribution in [0.1, 0.15) is 58.1 Å². The second kappa shape index (κ2) is 8.64. The Balaban J connectivity index is 1.66. The third-order valence-corrected chi connectivity index (χ3v) is 9.06. The highest BCUT2D eigenvalue weighted by Gasteiger charge is 2.41. The van der Waals surface area contributed by atoms with Gasteiger partial charge in [-0.25, -0.2) is 8.42 Å². The Labute approximate surface area is 176 Å². The molecule has 2 aliphatic rings. The molecule has 6 nitrogen and oxygen atoms in total. The molecule has 162 valence electrons. The summed E-state index contributed by atoms with van der Waals surface area (Å²) < 4.78 is 23.9. The lowest BCUT2D eigenvalue weighted by Crippen LogP contribution is -2.60. The standard InChI is InChI=1S/C22H36N4O2S/c1-18(19-10-6-5-7-11-19)25-22(12-8-9-13-22)16-24-20(23-4)26-14-15-29(27,28)21(2,3)17-26/h5-7,10-11,18,25H,8-9,12-17H2,1-4H3,(H,23,24). The van der Waals surface area contributed by atoms with E-state index in [0.717, 1.165) is 25.3 Å². The Morgan fingerprint density at radius 3 is 2.45 bits per heavy atom. The average molecular weight is 421 g/mol. The molecule has 0 amide bonds. The first-order valence-corrected chi connectivity index (χ1v) is 12.3. The van der Waals surface area contributed by atoms with Crippen molar-refractivity contribution in [2.75, 3.05) is 32.4 Å². The summed E-state index contributed by atoms with van der Waals surface area (Å²) in [5, 5.41) is 7.45. The molecule has 1 aliphatic carbocycles. The zero-order valence-corrected chi connectivity index (χ0v) is 19.1. The van der Waals surface area contributed by atoms with Gasteiger partial charge in [-0.2, -0.15) is 0 Å². The lowest BCUT2D eigenvalue weighted by molar-refractivity contribution is 0.288. The Bertz CT molecular complexity index is 814. The molecule has 0 radical (unpaired) electrons. The molecule has 2 N–H and O–H groups in total. The first-order valence-electron chi connectivity index (χ1n) is 10.7. The topological polar surface area (TPSA) is 73.8 Å². The molecular formula is C22H36N4O2S. The molecule has 1 aromatic rings. The van der Waals surface area contributed by atoms with Crippen molar-refractivity contribution in [1.29, 1.82) is 0 Å². The molecule has 1 saturated carbocycles. The maximum Gasteiger partial charge on any atom is 0.193 e. The lowest BCUT2D eigenvalue weighted by Gasteiger charge is -2.40. The molecule has 29 heavy (non-hydrogen) atoms. The number of hydrogen-bond acceptors (Lipinski definition) is 4. The van der Waals surface area contributed by atoms with Gasteiger partial charge in [0, 0.05) is 38.3 Å². The normalized spacial score (nSPS) is 24.3. The van der Waals surface area contributed by atoms with E-state index in [0.29, 0.717) is 13.1 Å². The predicted octanol–water partition coefficient (Wildman–Crippen LogP) is 2.73. The molecule has 3 rings (SSSR count). The molecule has 7 heteroatoms. The van der Waals surface area contributed by atoms with Gasteiger partial charge in [-0.1, -0.05) is 43.2 Å². The minimum absolute atomic E-state index is 0.0303. The van der Waals surface area contributed by atoms with Gasteiger partial charge in [-0.15, -0.1) is 0 Å². The molecule has 1 heterocycles. The summed E-state index contributed by atoms with van der Waals surface area (Å²) >= 11 is 0. The minimum atomic E-state index is -3.06. The van der Waals surface area contributed by atoms with Crippen molar-refractivity contribution < 1.29 is 8.42 Å². The number of guanidine groups is 1. The van der Waals surface area contributed by atoms with Crippen LogP contribution in [-0.4, -0.2) is 62.0 Å². The van der Waals surface area contributed by atoms with Crippen LogP contribution in [0.15, 0.2) is 35.3 Å². The lowest BCUT2D eigenvalue weighted by atomic mass is 9.94. The quantitative estimate of drug-likeness (QED) is 0.566. The summed E-state index contributed by atoms with van der Waals surface area (Å²) in [6, 6.07) is 10.8. The van der Waals surface area contributed by atoms with Crippen molar-refractivity contribution in [3.63, 3.8) is 0 Å². The van der Waals surface area contributed by atoms with E-state index in [2.05, 4.69) is 51.7 Å². The predicted molar refractivity (Wildman–Crippen MR) is 120 cm³/mol. The van der Waals surface area contributed by atoms with Crippen LogP contribution < -0.4 is 10.6 Å². The number of benzene rings is 1. The fourth-order valence-electron chi connectivity index (χ4n) is 4.61. The van der Waals surface area contributed by atoms with E-state index in [1.807, 2.05) is 19.9 Å². The molecule has 1 atom stereocenters. The highest BCUT2D eigenvalue weighted by molar-refractivity contribution is 7.92. The first kappa shape index (κ1) is 22.1. The van der Waals surface area contributed by atoms with Crippen molar-refractivity contribution in [2.45, 2.75) is 62.8 Å². The van der Waals surface area contributed by atoms with Gasteiger partial charge in [0.2, 0.25) is 0 Å². The summed E-state index contributed by atoms with van der Waals surface area (Å²) in [5.41, 5.74) is 1.33. The van der Waals surface area contributed by atoms with E-state index in [1.54, 1.807) is 7.05 Å². The number of nitrogens with zero attached hydrogens (tertiary/aromatic N) is 2. The summed E-state index contributed by atoms with van der Waals surface area (Å²) in [5.74, 6) is 0.975. The van der Waals surface area contributed by atoms with Crippen LogP contribution in [0.3, 0.4) is 0 Å². The largest absolute Gasteiger partial charge is 0.354 e. The van der Waals surface area contributed by atoms with E-state index < -0.39 is 14.6 Å². The number of hydrogen-bond donors (Lipinski definition) is 2. The molecule has 2 fully saturated rings. The summed E-state index contributed by atoms with van der Waals surface area (Å²) in [4.78, 5) is 6.55. The smallest absolute Gasteiger partial charge is 0.193 e. The number of nitrogens with one attached hydrogen (secondary N) is 2. The zero-order valence-electron chi connectivity index (χ0n) is 18.2. The van der Waals surface area contributed by atoms with E-state index >= 15 is 0 Å². The molecular weight excluding hydrogens is 384 g/mol. The molecule has 0 bridgehead atoms. The summed E-state index contributed by atoms with van der Waals surface area (Å²) in [7, 11) is -1.28. The fourth-order valence-corrected chi connectivity index (χ4v) is 5.98. The van der Waals surface area contributed by atoms with Crippen molar-refractivity contribution in [3.05, 3.63) is 35.9 Å². The highest BCUT2D eigenvalue weighted by Crippen LogP contribution is 2.32. The summed E-state index contributed by atoms with van der Waals surface area (Å²) in [6.45, 7) is 7.59. The minimum Gasteiger partial charge on any atom is -0.354 e. The third kappa shape index (κ3) is 4.94. The highest BCUT2D eigenvalue weighted by atomic mass is 32.2. The van der Waals surface area contributed by atoms with Gasteiger partial charge in [0.25, 0.3) is 0 Å². The Hall–Kier alpha value is -1.60. The van der Waals surface area contributed by atoms with Crippen LogP contribution in [0.4, 0.5) is 0 Å². The molecule has 0 spiro atoms. The first-order chi connectivity index (χ1) is 13.7. The Morgan fingerprint density at radius 1 is 1.21 bits per heavy atom. The molecule has 1 aromatic carbocycles. The van der Waals surface area contributed by atoms with Crippen molar-refractivity contribution in [3.8, 4) is 0 Å². The third-order valence-electron chi connectivity index (χ3n) is 6.52. The molecule has 1 unspecified atom stereocenters. The van der Waals surface area contributed by atoms with Crippen LogP contribution in [0.2, 0.25) is 0 Å². The summed E-state index contributed by atoms with van der Waals surface area (Å²) in [6.07, 6.45) is 4.72. The maximum absolute atomic E-state index is 12.3. The number of rotatable bonds is 5. The zero-order chi connectivity index (χ0) is 21.1. The van der Waals surface area contributed by atoms with Gasteiger partial charge in [0.05, 0.1) is 10.5 Å². The van der Waals surface area contributed by atoms with Crippen molar-refractivity contribution in [2.24, 2.45) is 4.99 Å². The monoisotopic (exact) mass is 420 g/mol. The maximum atomic E-state index is 12.3. The fraction of sp³-hybridized carbons (Fsp3) is 0.682. The second-order valence-corrected chi connectivity index (χ2v) is 11.9. The van der Waals surface area contributed by atoms with E-state index in [-0.39, 0.29) is 17.3 Å². The van der Waals surface area contributed by atoms with Crippen LogP contribution in [0.25, 0.3) is 0 Å². The van der Waals surface area contributed by atoms with Crippen molar-refractivity contribution in [1.82, 2.24) is 15.5 Å². The van der Waals surface area contributed by atoms with Crippen LogP contribution in [-0.2, 0) is 9.84 Å². The van der Waals surface area contributed by atoms with Crippen LogP contribution in [0, 0.1) is 0 Å². The Kier molecular flexibility index (Phi) is 6.58. The van der Waals surface area contributed by atoms with Gasteiger partial charge in [0.15, 0.2) is 15.8 Å². The molecule has 1 saturated heterocycles. The van der Waals surface area contributed by atoms with Crippen molar-refractivity contribution >= 4 is 15.8 Å². The number of sulfone groups is 1. The van der Waals surface area contributed by atoms with E-state index in [4.69, 9.17) is 0 Å². The Morgan fingerprint density at radius 2 is 1.86 bits per heavy atom. The van der Waals surface area contributed by atoms with E-state index in [9.17, 15) is 8.42 Å². The van der Waals surface area contributed by atoms with Gasteiger partial charge in [0.1, 0.15) is 0 Å². The van der Waals surface area contributed by atoms with Gasteiger partial charge in [-0.3, -0.25) is 4.99 Å². The van der Waals surface area contributed by atoms with E-state index in [1.165, 1.54) is 18.4 Å². The van der Waals surface area contributed by atoms with Crippen LogP contribution in [0.5, 0.6) is 0 Å². The molecule has 1 aliphatic heterocycles. The van der Waals surface area contributed by atoms with Crippen LogP contribution >= 0.6 is 0 Å². The second-order valence-electron chi connectivity index (χ2n) is 9.17.